The van der Waals surface area contributed by atoms with Crippen LogP contribution in [-0.4, -0.2) is 28.7 Å². The number of nitrogens with one attached hydrogen (secondary N) is 3. The Morgan fingerprint density at radius 3 is 3.08 bits per heavy atom. The van der Waals surface area contributed by atoms with Crippen LogP contribution < -0.4 is 10.6 Å². The van der Waals surface area contributed by atoms with Gasteiger partial charge in [0, 0.05) is 13.0 Å². The molecule has 7 heteroatoms. The molecule has 2 rings (SSSR count). The molecule has 1 amide bonds. The molecule has 1 fully saturated rings. The summed E-state index contributed by atoms with van der Waals surface area (Å²) in [5.74, 6) is 0.0802. The van der Waals surface area contributed by atoms with E-state index in [0.717, 1.165) is 5.13 Å². The first kappa shape index (κ1) is 8.64. The van der Waals surface area contributed by atoms with Crippen molar-refractivity contribution in [2.75, 3.05) is 11.9 Å². The average Bonchev–Trinajstić information content (AvgIpc) is 2.62. The zero-order valence-corrected chi connectivity index (χ0v) is 8.30. The molecule has 2 heterocycles. The summed E-state index contributed by atoms with van der Waals surface area (Å²) < 4.78 is 0.639. The first-order chi connectivity index (χ1) is 6.24. The molecule has 0 aromatic carbocycles. The summed E-state index contributed by atoms with van der Waals surface area (Å²) in [5, 5.41) is 13.2. The number of anilines is 1. The first-order valence-corrected chi connectivity index (χ1v) is 5.05. The molecule has 0 radical (unpaired) electrons. The molecule has 0 saturated carbocycles. The van der Waals surface area contributed by atoms with E-state index in [0.29, 0.717) is 16.9 Å². The van der Waals surface area contributed by atoms with E-state index in [2.05, 4.69) is 20.8 Å². The van der Waals surface area contributed by atoms with E-state index in [1.807, 2.05) is 0 Å². The van der Waals surface area contributed by atoms with Crippen molar-refractivity contribution in [3.8, 4) is 0 Å². The SMILES string of the molecule is O=C1CC(Nc2n[nH]c(=S)s2)CN1. The van der Waals surface area contributed by atoms with Gasteiger partial charge in [-0.1, -0.05) is 11.3 Å². The molecule has 1 atom stereocenters. The van der Waals surface area contributed by atoms with Crippen molar-refractivity contribution in [1.29, 1.82) is 0 Å². The fourth-order valence-corrected chi connectivity index (χ4v) is 2.04. The van der Waals surface area contributed by atoms with Crippen LogP contribution in [0.15, 0.2) is 0 Å². The number of aromatic nitrogens is 2. The molecule has 1 aromatic rings. The Bertz CT molecular complexity index is 371. The van der Waals surface area contributed by atoms with Crippen molar-refractivity contribution < 1.29 is 4.79 Å². The molecule has 5 nitrogen and oxygen atoms in total. The highest BCUT2D eigenvalue weighted by atomic mass is 32.1. The zero-order chi connectivity index (χ0) is 9.26. The van der Waals surface area contributed by atoms with Gasteiger partial charge in [-0.3, -0.25) is 9.89 Å². The van der Waals surface area contributed by atoms with Gasteiger partial charge in [-0.2, -0.15) is 0 Å². The van der Waals surface area contributed by atoms with E-state index in [9.17, 15) is 4.79 Å². The lowest BCUT2D eigenvalue weighted by Crippen LogP contribution is -2.22. The Morgan fingerprint density at radius 1 is 1.69 bits per heavy atom. The highest BCUT2D eigenvalue weighted by Crippen LogP contribution is 2.14. The maximum Gasteiger partial charge on any atom is 0.222 e. The number of nitrogens with zero attached hydrogens (tertiary/aromatic N) is 1. The van der Waals surface area contributed by atoms with Gasteiger partial charge in [0.1, 0.15) is 0 Å². The number of hydrogen-bond donors (Lipinski definition) is 3. The summed E-state index contributed by atoms with van der Waals surface area (Å²) in [6.45, 7) is 0.658. The molecular weight excluding hydrogens is 208 g/mol. The van der Waals surface area contributed by atoms with Gasteiger partial charge < -0.3 is 10.6 Å². The van der Waals surface area contributed by atoms with Gasteiger partial charge >= 0.3 is 0 Å². The van der Waals surface area contributed by atoms with Gasteiger partial charge in [-0.05, 0) is 12.2 Å². The van der Waals surface area contributed by atoms with E-state index < -0.39 is 0 Å². The summed E-state index contributed by atoms with van der Waals surface area (Å²) in [7, 11) is 0. The van der Waals surface area contributed by atoms with E-state index in [1.54, 1.807) is 0 Å². The maximum atomic E-state index is 10.9. The van der Waals surface area contributed by atoms with Crippen LogP contribution in [0.3, 0.4) is 0 Å². The predicted octanol–water partition coefficient (Wildman–Crippen LogP) is 0.501. The van der Waals surface area contributed by atoms with E-state index in [4.69, 9.17) is 12.2 Å². The van der Waals surface area contributed by atoms with Crippen molar-refractivity contribution in [1.82, 2.24) is 15.5 Å². The second-order valence-corrected chi connectivity index (χ2v) is 4.43. The molecule has 1 aliphatic heterocycles. The van der Waals surface area contributed by atoms with Crippen molar-refractivity contribution in [3.05, 3.63) is 3.95 Å². The van der Waals surface area contributed by atoms with Gasteiger partial charge in [0.15, 0.2) is 3.95 Å². The number of carbonyl (C=O) groups excluding carboxylic acids is 1. The number of carbonyl (C=O) groups is 1. The lowest BCUT2D eigenvalue weighted by Gasteiger charge is -2.06. The third-order valence-electron chi connectivity index (χ3n) is 1.74. The predicted molar refractivity (Wildman–Crippen MR) is 52.3 cm³/mol. The average molecular weight is 216 g/mol. The first-order valence-electron chi connectivity index (χ1n) is 3.83. The van der Waals surface area contributed by atoms with Crippen LogP contribution >= 0.6 is 23.6 Å². The summed E-state index contributed by atoms with van der Waals surface area (Å²) in [5.41, 5.74) is 0. The van der Waals surface area contributed by atoms with E-state index in [1.165, 1.54) is 11.3 Å². The van der Waals surface area contributed by atoms with Crippen LogP contribution in [0.25, 0.3) is 0 Å². The lowest BCUT2D eigenvalue weighted by molar-refractivity contribution is -0.119. The number of H-pyrrole nitrogens is 1. The highest BCUT2D eigenvalue weighted by molar-refractivity contribution is 7.73. The Labute approximate surface area is 83.6 Å². The van der Waals surface area contributed by atoms with Crippen LogP contribution in [0.1, 0.15) is 6.42 Å². The summed E-state index contributed by atoms with van der Waals surface area (Å²) in [6.07, 6.45) is 0.506. The number of rotatable bonds is 2. The van der Waals surface area contributed by atoms with Crippen molar-refractivity contribution in [2.45, 2.75) is 12.5 Å². The third kappa shape index (κ3) is 2.04. The highest BCUT2D eigenvalue weighted by Gasteiger charge is 2.21. The van der Waals surface area contributed by atoms with Crippen LogP contribution in [0.2, 0.25) is 0 Å². The molecule has 0 bridgehead atoms. The molecule has 13 heavy (non-hydrogen) atoms. The maximum absolute atomic E-state index is 10.9. The van der Waals surface area contributed by atoms with Crippen LogP contribution in [0.4, 0.5) is 5.13 Å². The van der Waals surface area contributed by atoms with Crippen LogP contribution in [-0.2, 0) is 4.79 Å². The monoisotopic (exact) mass is 216 g/mol. The van der Waals surface area contributed by atoms with Crippen LogP contribution in [0, 0.1) is 3.95 Å². The summed E-state index contributed by atoms with van der Waals surface area (Å²) >= 11 is 6.25. The normalized spacial score (nSPS) is 21.5. The third-order valence-corrected chi connectivity index (χ3v) is 2.76. The van der Waals surface area contributed by atoms with E-state index in [-0.39, 0.29) is 11.9 Å². The van der Waals surface area contributed by atoms with Crippen molar-refractivity contribution in [2.24, 2.45) is 0 Å². The standard InChI is InChI=1S/C6H8N4OS2/c11-4-1-3(2-7-4)8-5-9-10-6(12)13-5/h3H,1-2H2,(H,7,11)(H,8,9)(H,10,12). The molecule has 1 aromatic heterocycles. The number of hydrogen-bond acceptors (Lipinski definition) is 5. The molecule has 0 aliphatic carbocycles. The Kier molecular flexibility index (Phi) is 2.28. The van der Waals surface area contributed by atoms with E-state index >= 15 is 0 Å². The molecule has 1 aliphatic rings. The second-order valence-electron chi connectivity index (χ2n) is 2.77. The quantitative estimate of drug-likeness (QED) is 0.630. The topological polar surface area (TPSA) is 69.8 Å². The van der Waals surface area contributed by atoms with Gasteiger partial charge in [0.25, 0.3) is 0 Å². The molecule has 70 valence electrons. The van der Waals surface area contributed by atoms with Gasteiger partial charge in [-0.25, -0.2) is 0 Å². The molecule has 1 saturated heterocycles. The fourth-order valence-electron chi connectivity index (χ4n) is 1.17. The summed E-state index contributed by atoms with van der Waals surface area (Å²) in [6, 6.07) is 0.140. The molecule has 1 unspecified atom stereocenters. The van der Waals surface area contributed by atoms with Gasteiger partial charge in [0.2, 0.25) is 11.0 Å². The minimum atomic E-state index is 0.0802. The number of amides is 1. The minimum absolute atomic E-state index is 0.0802. The largest absolute Gasteiger partial charge is 0.355 e. The van der Waals surface area contributed by atoms with Gasteiger partial charge in [-0.15, -0.1) is 5.10 Å². The minimum Gasteiger partial charge on any atom is -0.355 e. The van der Waals surface area contributed by atoms with Crippen molar-refractivity contribution >= 4 is 34.6 Å². The lowest BCUT2D eigenvalue weighted by atomic mass is 10.3. The van der Waals surface area contributed by atoms with Crippen molar-refractivity contribution in [3.63, 3.8) is 0 Å². The van der Waals surface area contributed by atoms with Crippen LogP contribution in [0.5, 0.6) is 0 Å². The molecule has 0 spiro atoms. The Morgan fingerprint density at radius 2 is 2.54 bits per heavy atom. The fraction of sp³-hybridized carbons (Fsp3) is 0.500. The van der Waals surface area contributed by atoms with Gasteiger partial charge in [0.05, 0.1) is 6.04 Å². The number of aromatic amines is 1. The molecular formula is C6H8N4OS2. The second kappa shape index (κ2) is 3.43. The Balaban J connectivity index is 1.99. The molecule has 3 N–H and O–H groups in total. The summed E-state index contributed by atoms with van der Waals surface area (Å²) in [4.78, 5) is 10.9. The smallest absolute Gasteiger partial charge is 0.222 e. The zero-order valence-electron chi connectivity index (χ0n) is 6.66. The Hall–Kier alpha value is -0.950.